The molecule has 1 N–H and O–H groups in total. The SMILES string of the molecule is CCNC(Cc1ccc(Br)cc1Cl)c1snnc1C. The highest BCUT2D eigenvalue weighted by atomic mass is 79.9. The highest BCUT2D eigenvalue weighted by molar-refractivity contribution is 9.10. The van der Waals surface area contributed by atoms with E-state index >= 15 is 0 Å². The molecule has 0 fully saturated rings. The molecular formula is C13H15BrClN3S. The zero-order chi connectivity index (χ0) is 13.8. The molecule has 1 atom stereocenters. The Morgan fingerprint density at radius 3 is 2.84 bits per heavy atom. The second-order valence-electron chi connectivity index (χ2n) is 4.27. The number of hydrogen-bond acceptors (Lipinski definition) is 4. The molecule has 1 aromatic carbocycles. The highest BCUT2D eigenvalue weighted by Gasteiger charge is 2.18. The lowest BCUT2D eigenvalue weighted by Gasteiger charge is -2.17. The monoisotopic (exact) mass is 359 g/mol. The number of nitrogens with zero attached hydrogens (tertiary/aromatic N) is 2. The largest absolute Gasteiger partial charge is 0.309 e. The van der Waals surface area contributed by atoms with Crippen LogP contribution in [0.25, 0.3) is 0 Å². The predicted octanol–water partition coefficient (Wildman–Crippen LogP) is 4.16. The lowest BCUT2D eigenvalue weighted by Crippen LogP contribution is -2.23. The molecule has 1 unspecified atom stereocenters. The third-order valence-electron chi connectivity index (χ3n) is 2.89. The van der Waals surface area contributed by atoms with E-state index in [9.17, 15) is 0 Å². The van der Waals surface area contributed by atoms with E-state index in [-0.39, 0.29) is 6.04 Å². The van der Waals surface area contributed by atoms with Gasteiger partial charge in [-0.25, -0.2) is 0 Å². The molecule has 1 heterocycles. The Labute approximate surface area is 130 Å². The molecule has 102 valence electrons. The Morgan fingerprint density at radius 2 is 2.26 bits per heavy atom. The molecule has 0 aliphatic heterocycles. The van der Waals surface area contributed by atoms with Crippen LogP contribution in [0.5, 0.6) is 0 Å². The van der Waals surface area contributed by atoms with Crippen molar-refractivity contribution in [2.75, 3.05) is 6.54 Å². The molecule has 0 saturated heterocycles. The van der Waals surface area contributed by atoms with E-state index in [1.807, 2.05) is 19.1 Å². The molecule has 2 rings (SSSR count). The number of rotatable bonds is 5. The minimum atomic E-state index is 0.212. The summed E-state index contributed by atoms with van der Waals surface area (Å²) < 4.78 is 5.01. The van der Waals surface area contributed by atoms with Gasteiger partial charge in [0.15, 0.2) is 0 Å². The summed E-state index contributed by atoms with van der Waals surface area (Å²) in [6.45, 7) is 4.99. The van der Waals surface area contributed by atoms with Crippen LogP contribution in [0.3, 0.4) is 0 Å². The number of hydrogen-bond donors (Lipinski definition) is 1. The summed E-state index contributed by atoms with van der Waals surface area (Å²) in [6, 6.07) is 6.21. The third kappa shape index (κ3) is 3.75. The Morgan fingerprint density at radius 1 is 1.47 bits per heavy atom. The number of nitrogens with one attached hydrogen (secondary N) is 1. The van der Waals surface area contributed by atoms with Gasteiger partial charge in [0, 0.05) is 15.5 Å². The van der Waals surface area contributed by atoms with Crippen LogP contribution in [0, 0.1) is 6.92 Å². The maximum Gasteiger partial charge on any atom is 0.0772 e. The van der Waals surface area contributed by atoms with Gasteiger partial charge in [-0.3, -0.25) is 0 Å². The second-order valence-corrected chi connectivity index (χ2v) is 6.38. The van der Waals surface area contributed by atoms with Gasteiger partial charge in [-0.15, -0.1) is 5.10 Å². The van der Waals surface area contributed by atoms with Crippen LogP contribution in [0.4, 0.5) is 0 Å². The maximum atomic E-state index is 6.29. The van der Waals surface area contributed by atoms with Gasteiger partial charge in [0.25, 0.3) is 0 Å². The molecule has 6 heteroatoms. The normalized spacial score (nSPS) is 12.6. The average Bonchev–Trinajstić information content (AvgIpc) is 2.78. The van der Waals surface area contributed by atoms with E-state index in [1.165, 1.54) is 16.4 Å². The molecule has 3 nitrogen and oxygen atoms in total. The standard InChI is InChI=1S/C13H15BrClN3S/c1-3-16-12(13-8(2)17-18-19-13)6-9-4-5-10(14)7-11(9)15/h4-5,7,12,16H,3,6H2,1-2H3. The molecule has 0 spiro atoms. The number of aryl methyl sites for hydroxylation is 1. The van der Waals surface area contributed by atoms with Crippen LogP contribution in [-0.2, 0) is 6.42 Å². The molecular weight excluding hydrogens is 346 g/mol. The number of likely N-dealkylation sites (N-methyl/N-ethyl adjacent to an activating group) is 1. The van der Waals surface area contributed by atoms with Crippen molar-refractivity contribution in [3.05, 3.63) is 43.8 Å². The van der Waals surface area contributed by atoms with Crippen molar-refractivity contribution in [2.45, 2.75) is 26.3 Å². The van der Waals surface area contributed by atoms with Crippen molar-refractivity contribution in [2.24, 2.45) is 0 Å². The lowest BCUT2D eigenvalue weighted by molar-refractivity contribution is 0.555. The Hall–Kier alpha value is -0.490. The van der Waals surface area contributed by atoms with Gasteiger partial charge < -0.3 is 5.32 Å². The summed E-state index contributed by atoms with van der Waals surface area (Å²) in [4.78, 5) is 1.18. The van der Waals surface area contributed by atoms with Gasteiger partial charge in [-0.05, 0) is 49.1 Å². The minimum Gasteiger partial charge on any atom is -0.309 e. The van der Waals surface area contributed by atoms with Gasteiger partial charge in [-0.1, -0.05) is 45.0 Å². The van der Waals surface area contributed by atoms with Gasteiger partial charge in [0.1, 0.15) is 0 Å². The van der Waals surface area contributed by atoms with Crippen molar-refractivity contribution in [3.8, 4) is 0 Å². The quantitative estimate of drug-likeness (QED) is 0.870. The smallest absolute Gasteiger partial charge is 0.0772 e. The van der Waals surface area contributed by atoms with Crippen LogP contribution in [0.1, 0.15) is 29.1 Å². The van der Waals surface area contributed by atoms with Crippen LogP contribution < -0.4 is 5.32 Å². The third-order valence-corrected chi connectivity index (χ3v) is 4.68. The first-order valence-electron chi connectivity index (χ1n) is 6.08. The van der Waals surface area contributed by atoms with E-state index in [0.717, 1.165) is 33.7 Å². The predicted molar refractivity (Wildman–Crippen MR) is 83.9 cm³/mol. The Bertz CT molecular complexity index is 559. The van der Waals surface area contributed by atoms with Crippen LogP contribution >= 0.6 is 39.1 Å². The fraction of sp³-hybridized carbons (Fsp3) is 0.385. The average molecular weight is 361 g/mol. The van der Waals surface area contributed by atoms with Crippen LogP contribution in [0.2, 0.25) is 5.02 Å². The Kier molecular flexibility index (Phi) is 5.33. The van der Waals surface area contributed by atoms with Crippen molar-refractivity contribution >= 4 is 39.1 Å². The molecule has 0 saturated carbocycles. The molecule has 0 radical (unpaired) electrons. The van der Waals surface area contributed by atoms with Crippen LogP contribution in [0.15, 0.2) is 22.7 Å². The summed E-state index contributed by atoms with van der Waals surface area (Å²) in [5.74, 6) is 0. The first kappa shape index (κ1) is 14.9. The second kappa shape index (κ2) is 6.79. The number of aromatic nitrogens is 2. The zero-order valence-electron chi connectivity index (χ0n) is 10.8. The molecule has 0 bridgehead atoms. The summed E-state index contributed by atoms with van der Waals surface area (Å²) >= 11 is 11.2. The molecule has 0 amide bonds. The van der Waals surface area contributed by atoms with E-state index in [1.54, 1.807) is 0 Å². The van der Waals surface area contributed by atoms with Crippen molar-refractivity contribution < 1.29 is 0 Å². The molecule has 0 aliphatic rings. The van der Waals surface area contributed by atoms with Gasteiger partial charge >= 0.3 is 0 Å². The summed E-state index contributed by atoms with van der Waals surface area (Å²) in [5, 5.41) is 8.35. The summed E-state index contributed by atoms with van der Waals surface area (Å²) in [6.07, 6.45) is 0.838. The fourth-order valence-corrected chi connectivity index (χ4v) is 3.44. The van der Waals surface area contributed by atoms with Crippen LogP contribution in [-0.4, -0.2) is 16.1 Å². The van der Waals surface area contributed by atoms with E-state index < -0.39 is 0 Å². The molecule has 0 aliphatic carbocycles. The molecule has 19 heavy (non-hydrogen) atoms. The summed E-state index contributed by atoms with van der Waals surface area (Å²) in [7, 11) is 0. The lowest BCUT2D eigenvalue weighted by atomic mass is 10.0. The van der Waals surface area contributed by atoms with Crippen molar-refractivity contribution in [3.63, 3.8) is 0 Å². The first-order chi connectivity index (χ1) is 9.11. The van der Waals surface area contributed by atoms with E-state index in [0.29, 0.717) is 0 Å². The maximum absolute atomic E-state index is 6.29. The van der Waals surface area contributed by atoms with E-state index in [2.05, 4.69) is 43.8 Å². The summed E-state index contributed by atoms with van der Waals surface area (Å²) in [5.41, 5.74) is 2.12. The zero-order valence-corrected chi connectivity index (χ0v) is 13.9. The minimum absolute atomic E-state index is 0.212. The Balaban J connectivity index is 2.24. The fourth-order valence-electron chi connectivity index (χ4n) is 1.97. The van der Waals surface area contributed by atoms with Gasteiger partial charge in [0.2, 0.25) is 0 Å². The van der Waals surface area contributed by atoms with Crippen molar-refractivity contribution in [1.82, 2.24) is 14.9 Å². The number of halogens is 2. The topological polar surface area (TPSA) is 37.8 Å². The highest BCUT2D eigenvalue weighted by Crippen LogP contribution is 2.28. The number of benzene rings is 1. The van der Waals surface area contributed by atoms with E-state index in [4.69, 9.17) is 11.6 Å². The van der Waals surface area contributed by atoms with Gasteiger partial charge in [-0.2, -0.15) is 0 Å². The molecule has 2 aromatic rings. The van der Waals surface area contributed by atoms with Crippen molar-refractivity contribution in [1.29, 1.82) is 0 Å². The molecule has 1 aromatic heterocycles. The van der Waals surface area contributed by atoms with Gasteiger partial charge in [0.05, 0.1) is 10.6 Å². The first-order valence-corrected chi connectivity index (χ1v) is 8.02.